The summed E-state index contributed by atoms with van der Waals surface area (Å²) in [4.78, 5) is 23.8. The first-order valence-electron chi connectivity index (χ1n) is 10.5. The summed E-state index contributed by atoms with van der Waals surface area (Å²) >= 11 is 5.95. The smallest absolute Gasteiger partial charge is 0.242 e. The van der Waals surface area contributed by atoms with E-state index in [0.29, 0.717) is 24.7 Å². The Morgan fingerprint density at radius 3 is 2.57 bits per heavy atom. The minimum atomic E-state index is 0. The number of benzene rings is 1. The zero-order valence-corrected chi connectivity index (χ0v) is 20.8. The Balaban J connectivity index is 0.00000320. The number of ether oxygens (including phenoxy) is 1. The number of aliphatic imine (C=N–C) groups is 1. The summed E-state index contributed by atoms with van der Waals surface area (Å²) in [5.74, 6) is 0.971. The molecule has 1 N–H and O–H groups in total. The predicted molar refractivity (Wildman–Crippen MR) is 132 cm³/mol. The molecular formula is C21H33ClIN5O2. The number of rotatable bonds is 7. The second-order valence-corrected chi connectivity index (χ2v) is 7.84. The van der Waals surface area contributed by atoms with Crippen molar-refractivity contribution in [3.63, 3.8) is 0 Å². The lowest BCUT2D eigenvalue weighted by atomic mass is 10.2. The number of halogens is 2. The minimum absolute atomic E-state index is 0. The van der Waals surface area contributed by atoms with Gasteiger partial charge in [-0.1, -0.05) is 23.7 Å². The Morgan fingerprint density at radius 2 is 1.90 bits per heavy atom. The van der Waals surface area contributed by atoms with Crippen LogP contribution in [0.4, 0.5) is 0 Å². The summed E-state index contributed by atoms with van der Waals surface area (Å²) in [7, 11) is 0. The van der Waals surface area contributed by atoms with Crippen LogP contribution in [0.1, 0.15) is 18.9 Å². The van der Waals surface area contributed by atoms with Gasteiger partial charge in [0.25, 0.3) is 0 Å². The molecule has 0 atom stereocenters. The van der Waals surface area contributed by atoms with E-state index in [4.69, 9.17) is 21.3 Å². The van der Waals surface area contributed by atoms with Crippen molar-refractivity contribution in [2.75, 3.05) is 65.6 Å². The van der Waals surface area contributed by atoms with Crippen molar-refractivity contribution in [3.8, 4) is 0 Å². The maximum absolute atomic E-state index is 12.7. The quantitative estimate of drug-likeness (QED) is 0.245. The van der Waals surface area contributed by atoms with E-state index in [-0.39, 0.29) is 29.9 Å². The number of nitrogens with one attached hydrogen (secondary N) is 1. The van der Waals surface area contributed by atoms with E-state index < -0.39 is 0 Å². The van der Waals surface area contributed by atoms with E-state index in [1.807, 2.05) is 29.2 Å². The van der Waals surface area contributed by atoms with Crippen LogP contribution in [-0.4, -0.2) is 92.1 Å². The zero-order valence-electron chi connectivity index (χ0n) is 17.7. The van der Waals surface area contributed by atoms with E-state index in [0.717, 1.165) is 70.4 Å². The Labute approximate surface area is 201 Å². The predicted octanol–water partition coefficient (Wildman–Crippen LogP) is 2.29. The van der Waals surface area contributed by atoms with Gasteiger partial charge in [-0.05, 0) is 31.0 Å². The molecule has 0 unspecified atom stereocenters. The second kappa shape index (κ2) is 13.3. The number of nitrogens with zero attached hydrogens (tertiary/aromatic N) is 4. The summed E-state index contributed by atoms with van der Waals surface area (Å²) < 4.78 is 5.39. The van der Waals surface area contributed by atoms with Gasteiger partial charge < -0.3 is 19.9 Å². The first-order valence-corrected chi connectivity index (χ1v) is 10.9. The maximum Gasteiger partial charge on any atom is 0.242 e. The van der Waals surface area contributed by atoms with Crippen molar-refractivity contribution < 1.29 is 9.53 Å². The molecule has 3 rings (SSSR count). The van der Waals surface area contributed by atoms with Crippen molar-refractivity contribution >= 4 is 47.4 Å². The number of carbonyl (C=O) groups excluding carboxylic acids is 1. The summed E-state index contributed by atoms with van der Waals surface area (Å²) in [5.41, 5.74) is 1.10. The molecule has 168 valence electrons. The number of amides is 1. The molecule has 0 spiro atoms. The van der Waals surface area contributed by atoms with Gasteiger partial charge in [0.15, 0.2) is 5.96 Å². The van der Waals surface area contributed by atoms with Gasteiger partial charge in [-0.25, -0.2) is 0 Å². The van der Waals surface area contributed by atoms with Gasteiger partial charge in [0.2, 0.25) is 5.91 Å². The van der Waals surface area contributed by atoms with Gasteiger partial charge in [0.05, 0.1) is 19.8 Å². The van der Waals surface area contributed by atoms with Crippen molar-refractivity contribution in [3.05, 3.63) is 34.9 Å². The first kappa shape index (κ1) is 25.2. The van der Waals surface area contributed by atoms with Crippen molar-refractivity contribution in [1.82, 2.24) is 20.0 Å². The van der Waals surface area contributed by atoms with Crippen LogP contribution >= 0.6 is 35.6 Å². The van der Waals surface area contributed by atoms with Crippen molar-refractivity contribution in [1.29, 1.82) is 0 Å². The molecule has 1 aromatic rings. The average Bonchev–Trinajstić information content (AvgIpc) is 2.74. The number of hydrogen-bond acceptors (Lipinski definition) is 4. The van der Waals surface area contributed by atoms with Crippen LogP contribution in [0.15, 0.2) is 29.3 Å². The lowest BCUT2D eigenvalue weighted by molar-refractivity contribution is -0.135. The zero-order chi connectivity index (χ0) is 20.5. The molecule has 0 aromatic heterocycles. The Kier molecular flexibility index (Phi) is 11.2. The van der Waals surface area contributed by atoms with Gasteiger partial charge in [-0.3, -0.25) is 14.7 Å². The largest absolute Gasteiger partial charge is 0.379 e. The highest BCUT2D eigenvalue weighted by Gasteiger charge is 2.26. The molecule has 1 amide bonds. The molecule has 2 heterocycles. The van der Waals surface area contributed by atoms with Gasteiger partial charge in [0, 0.05) is 57.4 Å². The van der Waals surface area contributed by atoms with Gasteiger partial charge >= 0.3 is 0 Å². The third kappa shape index (κ3) is 7.86. The molecule has 0 bridgehead atoms. The number of carbonyl (C=O) groups is 1. The monoisotopic (exact) mass is 549 g/mol. The van der Waals surface area contributed by atoms with Crippen LogP contribution in [0.5, 0.6) is 0 Å². The van der Waals surface area contributed by atoms with Gasteiger partial charge in [-0.2, -0.15) is 0 Å². The highest BCUT2D eigenvalue weighted by Crippen LogP contribution is 2.13. The molecule has 9 heteroatoms. The lowest BCUT2D eigenvalue weighted by Crippen LogP contribution is -2.55. The van der Waals surface area contributed by atoms with E-state index in [9.17, 15) is 4.79 Å². The summed E-state index contributed by atoms with van der Waals surface area (Å²) in [5, 5.41) is 4.05. The maximum atomic E-state index is 12.7. The number of guanidine groups is 1. The van der Waals surface area contributed by atoms with Crippen LogP contribution in [-0.2, 0) is 16.1 Å². The third-order valence-electron chi connectivity index (χ3n) is 5.24. The highest BCUT2D eigenvalue weighted by molar-refractivity contribution is 14.0. The molecule has 2 aliphatic heterocycles. The lowest BCUT2D eigenvalue weighted by Gasteiger charge is -2.36. The van der Waals surface area contributed by atoms with E-state index >= 15 is 0 Å². The van der Waals surface area contributed by atoms with Crippen LogP contribution in [0.2, 0.25) is 5.02 Å². The number of piperazine rings is 1. The Bertz CT molecular complexity index is 682. The molecular weight excluding hydrogens is 517 g/mol. The third-order valence-corrected chi connectivity index (χ3v) is 5.49. The van der Waals surface area contributed by atoms with Crippen molar-refractivity contribution in [2.24, 2.45) is 4.99 Å². The molecule has 2 aliphatic rings. The molecule has 0 aliphatic carbocycles. The summed E-state index contributed by atoms with van der Waals surface area (Å²) in [6.45, 7) is 10.8. The van der Waals surface area contributed by atoms with E-state index in [2.05, 4.69) is 22.0 Å². The standard InChI is InChI=1S/C21H32ClN5O2.HI/c1-2-23-21(24-8-3-9-25-12-14-29-15-13-25)27-11-10-26(20(28)17-27)16-18-4-6-19(22)7-5-18;/h4-7H,2-3,8-17H2,1H3,(H,23,24);1H. The molecule has 7 nitrogen and oxygen atoms in total. The normalized spacial score (nSPS) is 18.3. The van der Waals surface area contributed by atoms with Crippen LogP contribution in [0.25, 0.3) is 0 Å². The number of morpholine rings is 1. The molecule has 0 radical (unpaired) electrons. The topological polar surface area (TPSA) is 60.4 Å². The average molecular weight is 550 g/mol. The fourth-order valence-corrected chi connectivity index (χ4v) is 3.72. The minimum Gasteiger partial charge on any atom is -0.379 e. The molecule has 0 saturated carbocycles. The first-order chi connectivity index (χ1) is 14.2. The number of hydrogen-bond donors (Lipinski definition) is 1. The highest BCUT2D eigenvalue weighted by atomic mass is 127. The van der Waals surface area contributed by atoms with Crippen LogP contribution < -0.4 is 5.32 Å². The van der Waals surface area contributed by atoms with Crippen molar-refractivity contribution in [2.45, 2.75) is 19.9 Å². The summed E-state index contributed by atoms with van der Waals surface area (Å²) in [6, 6.07) is 7.68. The molecule has 30 heavy (non-hydrogen) atoms. The second-order valence-electron chi connectivity index (χ2n) is 7.41. The van der Waals surface area contributed by atoms with Gasteiger partial charge in [0.1, 0.15) is 0 Å². The Hall–Kier alpha value is -1.10. The fourth-order valence-electron chi connectivity index (χ4n) is 3.60. The Morgan fingerprint density at radius 1 is 1.17 bits per heavy atom. The fraction of sp³-hybridized carbons (Fsp3) is 0.619. The van der Waals surface area contributed by atoms with Gasteiger partial charge in [-0.15, -0.1) is 24.0 Å². The van der Waals surface area contributed by atoms with E-state index in [1.54, 1.807) is 0 Å². The summed E-state index contributed by atoms with van der Waals surface area (Å²) in [6.07, 6.45) is 1.01. The molecule has 1 aromatic carbocycles. The van der Waals surface area contributed by atoms with E-state index in [1.165, 1.54) is 0 Å². The molecule has 2 saturated heterocycles. The van der Waals surface area contributed by atoms with Crippen LogP contribution in [0.3, 0.4) is 0 Å². The van der Waals surface area contributed by atoms with Crippen LogP contribution in [0, 0.1) is 0 Å². The SMILES string of the molecule is CCNC(=NCCCN1CCOCC1)N1CCN(Cc2ccc(Cl)cc2)C(=O)C1.I. The molecule has 2 fully saturated rings.